The summed E-state index contributed by atoms with van der Waals surface area (Å²) >= 11 is 0. The number of phenolic OH excluding ortho intramolecular Hbond substituents is 1. The second-order valence-electron chi connectivity index (χ2n) is 6.28. The normalized spacial score (nSPS) is 14.0. The number of aliphatic imine (C=N–C) groups is 1. The van der Waals surface area contributed by atoms with Crippen LogP contribution in [0.2, 0.25) is 0 Å². The van der Waals surface area contributed by atoms with Crippen molar-refractivity contribution in [2.24, 2.45) is 10.7 Å². The van der Waals surface area contributed by atoms with Crippen molar-refractivity contribution in [3.05, 3.63) is 53.1 Å². The Morgan fingerprint density at radius 1 is 1.14 bits per heavy atom. The molecule has 0 saturated heterocycles. The third kappa shape index (κ3) is 5.66. The fourth-order valence-electron chi connectivity index (χ4n) is 3.19. The molecular formula is C19H21F3IN3O2. The quantitative estimate of drug-likeness (QED) is 0.318. The maximum Gasteiger partial charge on any atom is 0.573 e. The molecule has 2 aromatic rings. The fourth-order valence-corrected chi connectivity index (χ4v) is 3.19. The van der Waals surface area contributed by atoms with E-state index in [2.05, 4.69) is 15.0 Å². The molecule has 28 heavy (non-hydrogen) atoms. The Hall–Kier alpha value is -2.17. The Morgan fingerprint density at radius 2 is 1.86 bits per heavy atom. The molecule has 9 heteroatoms. The minimum absolute atomic E-state index is 0. The molecule has 0 heterocycles. The fraction of sp³-hybridized carbons (Fsp3) is 0.316. The highest BCUT2D eigenvalue weighted by Gasteiger charge is 2.32. The van der Waals surface area contributed by atoms with Gasteiger partial charge in [0.05, 0.1) is 12.2 Å². The molecule has 0 saturated carbocycles. The van der Waals surface area contributed by atoms with Gasteiger partial charge in [0.1, 0.15) is 5.75 Å². The maximum atomic E-state index is 12.5. The molecule has 0 fully saturated rings. The molecule has 152 valence electrons. The number of para-hydroxylation sites is 2. The third-order valence-corrected chi connectivity index (χ3v) is 4.41. The van der Waals surface area contributed by atoms with E-state index in [0.717, 1.165) is 31.2 Å². The number of aryl methyl sites for hydroxylation is 1. The van der Waals surface area contributed by atoms with E-state index in [9.17, 15) is 18.3 Å². The van der Waals surface area contributed by atoms with Crippen LogP contribution in [0.3, 0.4) is 0 Å². The van der Waals surface area contributed by atoms with Gasteiger partial charge >= 0.3 is 6.36 Å². The van der Waals surface area contributed by atoms with Crippen LogP contribution in [0.5, 0.6) is 11.5 Å². The highest BCUT2D eigenvalue weighted by Crippen LogP contribution is 2.32. The number of nitrogens with zero attached hydrogens (tertiary/aromatic N) is 1. The lowest BCUT2D eigenvalue weighted by molar-refractivity contribution is -0.274. The third-order valence-electron chi connectivity index (χ3n) is 4.41. The first kappa shape index (κ1) is 22.1. The summed E-state index contributed by atoms with van der Waals surface area (Å²) in [5, 5.41) is 12.8. The molecule has 1 aliphatic carbocycles. The zero-order chi connectivity index (χ0) is 19.4. The Morgan fingerprint density at radius 3 is 2.61 bits per heavy atom. The van der Waals surface area contributed by atoms with Crippen LogP contribution >= 0.6 is 24.0 Å². The van der Waals surface area contributed by atoms with Gasteiger partial charge in [-0.2, -0.15) is 0 Å². The van der Waals surface area contributed by atoms with Crippen molar-refractivity contribution in [2.75, 3.05) is 5.32 Å². The molecule has 3 rings (SSSR count). The van der Waals surface area contributed by atoms with Crippen molar-refractivity contribution in [3.8, 4) is 11.5 Å². The number of fused-ring (bicyclic) bond motifs is 1. The monoisotopic (exact) mass is 507 g/mol. The zero-order valence-corrected chi connectivity index (χ0v) is 17.3. The lowest BCUT2D eigenvalue weighted by atomic mass is 9.88. The summed E-state index contributed by atoms with van der Waals surface area (Å²) in [5.74, 6) is -0.322. The molecule has 0 radical (unpaired) electrons. The first-order chi connectivity index (χ1) is 12.8. The van der Waals surface area contributed by atoms with E-state index < -0.39 is 12.1 Å². The van der Waals surface area contributed by atoms with E-state index in [1.807, 2.05) is 6.07 Å². The first-order valence-corrected chi connectivity index (χ1v) is 8.58. The SMILES string of the molecule is I.NC(=NCc1c(O)ccc2c1CCCC2)Nc1ccccc1OC(F)(F)F. The molecule has 2 aromatic carbocycles. The number of aromatic hydroxyl groups is 1. The number of benzene rings is 2. The highest BCUT2D eigenvalue weighted by atomic mass is 127. The standard InChI is InChI=1S/C19H20F3N3O2.HI/c20-19(21,22)27-17-8-4-3-7-15(17)25-18(23)24-11-14-13-6-2-1-5-12(13)9-10-16(14)26;/h3-4,7-10,26H,1-2,5-6,11H2,(H3,23,24,25);1H. The van der Waals surface area contributed by atoms with Crippen molar-refractivity contribution in [1.29, 1.82) is 0 Å². The number of alkyl halides is 3. The maximum absolute atomic E-state index is 12.5. The van der Waals surface area contributed by atoms with Gasteiger partial charge in [0.15, 0.2) is 11.7 Å². The Balaban J connectivity index is 0.00000280. The van der Waals surface area contributed by atoms with Crippen LogP contribution in [0.4, 0.5) is 18.9 Å². The molecule has 0 aliphatic heterocycles. The van der Waals surface area contributed by atoms with E-state index in [1.54, 1.807) is 12.1 Å². The predicted octanol–water partition coefficient (Wildman–Crippen LogP) is 4.71. The van der Waals surface area contributed by atoms with E-state index in [0.29, 0.717) is 5.56 Å². The van der Waals surface area contributed by atoms with Gasteiger partial charge in [-0.3, -0.25) is 0 Å². The number of hydrogen-bond donors (Lipinski definition) is 3. The van der Waals surface area contributed by atoms with Crippen LogP contribution in [-0.2, 0) is 19.4 Å². The van der Waals surface area contributed by atoms with Gasteiger partial charge < -0.3 is 20.9 Å². The van der Waals surface area contributed by atoms with Crippen molar-refractivity contribution < 1.29 is 23.0 Å². The number of nitrogens with two attached hydrogens (primary N) is 1. The molecule has 5 nitrogen and oxygen atoms in total. The minimum Gasteiger partial charge on any atom is -0.508 e. The van der Waals surface area contributed by atoms with Gasteiger partial charge in [0.25, 0.3) is 0 Å². The van der Waals surface area contributed by atoms with Gasteiger partial charge in [-0.15, -0.1) is 37.1 Å². The lowest BCUT2D eigenvalue weighted by Crippen LogP contribution is -2.24. The van der Waals surface area contributed by atoms with Crippen molar-refractivity contribution >= 4 is 35.6 Å². The second kappa shape index (κ2) is 9.35. The molecule has 0 amide bonds. The summed E-state index contributed by atoms with van der Waals surface area (Å²) in [6.07, 6.45) is -0.825. The number of anilines is 1. The molecular weight excluding hydrogens is 486 g/mol. The van der Waals surface area contributed by atoms with Gasteiger partial charge in [0.2, 0.25) is 0 Å². The molecule has 0 unspecified atom stereocenters. The molecule has 0 aromatic heterocycles. The van der Waals surface area contributed by atoms with E-state index in [4.69, 9.17) is 5.73 Å². The minimum atomic E-state index is -4.81. The van der Waals surface area contributed by atoms with Gasteiger partial charge in [0, 0.05) is 5.56 Å². The lowest BCUT2D eigenvalue weighted by Gasteiger charge is -2.19. The number of phenols is 1. The zero-order valence-electron chi connectivity index (χ0n) is 14.9. The molecule has 4 N–H and O–H groups in total. The van der Waals surface area contributed by atoms with Crippen molar-refractivity contribution in [1.82, 2.24) is 0 Å². The molecule has 1 aliphatic rings. The Bertz CT molecular complexity index is 857. The predicted molar refractivity (Wildman–Crippen MR) is 112 cm³/mol. The summed E-state index contributed by atoms with van der Waals surface area (Å²) in [4.78, 5) is 4.18. The molecule has 0 bridgehead atoms. The molecule has 0 spiro atoms. The summed E-state index contributed by atoms with van der Waals surface area (Å²) in [6.45, 7) is 0.135. The summed E-state index contributed by atoms with van der Waals surface area (Å²) in [7, 11) is 0. The van der Waals surface area contributed by atoms with Crippen LogP contribution in [0.15, 0.2) is 41.4 Å². The van der Waals surface area contributed by atoms with Crippen LogP contribution in [0.25, 0.3) is 0 Å². The van der Waals surface area contributed by atoms with E-state index in [-0.39, 0.29) is 47.9 Å². The number of halogens is 4. The van der Waals surface area contributed by atoms with Crippen LogP contribution in [-0.4, -0.2) is 17.4 Å². The average molecular weight is 507 g/mol. The van der Waals surface area contributed by atoms with Crippen molar-refractivity contribution in [2.45, 2.75) is 38.6 Å². The molecule has 0 atom stereocenters. The number of guanidine groups is 1. The van der Waals surface area contributed by atoms with Gasteiger partial charge in [-0.25, -0.2) is 4.99 Å². The van der Waals surface area contributed by atoms with Crippen molar-refractivity contribution in [3.63, 3.8) is 0 Å². The average Bonchev–Trinajstić information content (AvgIpc) is 2.61. The number of ether oxygens (including phenoxy) is 1. The topological polar surface area (TPSA) is 79.9 Å². The summed E-state index contributed by atoms with van der Waals surface area (Å²) in [5.41, 5.74) is 8.87. The Labute approximate surface area is 177 Å². The summed E-state index contributed by atoms with van der Waals surface area (Å²) < 4.78 is 41.5. The van der Waals surface area contributed by atoms with Gasteiger partial charge in [-0.05, 0) is 55.0 Å². The highest BCUT2D eigenvalue weighted by molar-refractivity contribution is 14.0. The Kier molecular flexibility index (Phi) is 7.39. The largest absolute Gasteiger partial charge is 0.573 e. The van der Waals surface area contributed by atoms with Crippen LogP contribution < -0.4 is 15.8 Å². The smallest absolute Gasteiger partial charge is 0.508 e. The summed E-state index contributed by atoms with van der Waals surface area (Å²) in [6, 6.07) is 9.13. The second-order valence-corrected chi connectivity index (χ2v) is 6.28. The van der Waals surface area contributed by atoms with Crippen LogP contribution in [0, 0.1) is 0 Å². The number of rotatable bonds is 4. The van der Waals surface area contributed by atoms with E-state index >= 15 is 0 Å². The first-order valence-electron chi connectivity index (χ1n) is 8.58. The van der Waals surface area contributed by atoms with E-state index in [1.165, 1.54) is 23.8 Å². The van der Waals surface area contributed by atoms with Crippen LogP contribution in [0.1, 0.15) is 29.5 Å². The van der Waals surface area contributed by atoms with Gasteiger partial charge in [-0.1, -0.05) is 18.2 Å². The number of nitrogens with one attached hydrogen (secondary N) is 1. The number of hydrogen-bond acceptors (Lipinski definition) is 3.